The Morgan fingerprint density at radius 3 is 2.76 bits per heavy atom. The first kappa shape index (κ1) is 13.0. The summed E-state index contributed by atoms with van der Waals surface area (Å²) in [5, 5.41) is 4.76. The highest BCUT2D eigenvalue weighted by molar-refractivity contribution is 7.80. The van der Waals surface area contributed by atoms with Gasteiger partial charge in [-0.1, -0.05) is 30.4 Å². The Morgan fingerprint density at radius 1 is 1.33 bits per heavy atom. The molecule has 0 unspecified atom stereocenters. The van der Waals surface area contributed by atoms with Crippen LogP contribution in [0.2, 0.25) is 0 Å². The molecule has 3 nitrogen and oxygen atoms in total. The number of aromatic nitrogens is 1. The van der Waals surface area contributed by atoms with Crippen molar-refractivity contribution in [1.29, 1.82) is 0 Å². The first-order valence-corrected chi connectivity index (χ1v) is 8.02. The van der Waals surface area contributed by atoms with Gasteiger partial charge in [-0.05, 0) is 43.1 Å². The fourth-order valence-electron chi connectivity index (χ4n) is 3.37. The Labute approximate surface area is 129 Å². The molecule has 2 saturated carbocycles. The van der Waals surface area contributed by atoms with Crippen LogP contribution in [0.25, 0.3) is 10.9 Å². The predicted molar refractivity (Wildman–Crippen MR) is 90.5 cm³/mol. The molecule has 4 heteroatoms. The number of fused-ring (bicyclic) bond motifs is 1. The number of rotatable bonds is 5. The van der Waals surface area contributed by atoms with E-state index in [4.69, 9.17) is 18.0 Å². The molecule has 1 aromatic carbocycles. The highest BCUT2D eigenvalue weighted by atomic mass is 32.1. The number of nitrogens with one attached hydrogen (secondary N) is 1. The zero-order chi connectivity index (χ0) is 14.4. The van der Waals surface area contributed by atoms with Crippen molar-refractivity contribution in [2.45, 2.75) is 25.7 Å². The molecule has 0 aliphatic heterocycles. The Morgan fingerprint density at radius 2 is 2.10 bits per heavy atom. The Bertz CT molecular complexity index is 717. The number of hydrogen-bond donors (Lipinski definition) is 2. The van der Waals surface area contributed by atoms with Crippen LogP contribution in [-0.2, 0) is 0 Å². The Kier molecular flexibility index (Phi) is 2.89. The minimum atomic E-state index is 0.409. The highest BCUT2D eigenvalue weighted by Crippen LogP contribution is 2.61. The van der Waals surface area contributed by atoms with Gasteiger partial charge in [-0.25, -0.2) is 0 Å². The minimum Gasteiger partial charge on any atom is -0.389 e. The maximum Gasteiger partial charge on any atom is 0.107 e. The number of nitrogens with zero attached hydrogens (tertiary/aromatic N) is 1. The molecule has 0 spiro atoms. The third-order valence-electron chi connectivity index (χ3n) is 4.99. The molecule has 0 radical (unpaired) electrons. The molecule has 3 N–H and O–H groups in total. The van der Waals surface area contributed by atoms with E-state index in [1.807, 2.05) is 18.2 Å². The van der Waals surface area contributed by atoms with Crippen molar-refractivity contribution < 1.29 is 0 Å². The summed E-state index contributed by atoms with van der Waals surface area (Å²) in [5.74, 6) is 0.936. The average molecular weight is 297 g/mol. The van der Waals surface area contributed by atoms with Crippen LogP contribution in [0.3, 0.4) is 0 Å². The SMILES string of the molecule is NC(=S)c1cnc2ccccc2c1NCC1(C2CC2)CC1. The van der Waals surface area contributed by atoms with Gasteiger partial charge in [0.2, 0.25) is 0 Å². The molecule has 2 fully saturated rings. The summed E-state index contributed by atoms with van der Waals surface area (Å²) < 4.78 is 0. The topological polar surface area (TPSA) is 50.9 Å². The summed E-state index contributed by atoms with van der Waals surface area (Å²) in [4.78, 5) is 4.87. The van der Waals surface area contributed by atoms with Gasteiger partial charge >= 0.3 is 0 Å². The van der Waals surface area contributed by atoms with Crippen LogP contribution in [0, 0.1) is 11.3 Å². The number of para-hydroxylation sites is 1. The van der Waals surface area contributed by atoms with Crippen LogP contribution in [0.4, 0.5) is 5.69 Å². The van der Waals surface area contributed by atoms with Gasteiger partial charge in [0.1, 0.15) is 4.99 Å². The van der Waals surface area contributed by atoms with Crippen molar-refractivity contribution in [3.63, 3.8) is 0 Å². The monoisotopic (exact) mass is 297 g/mol. The Balaban J connectivity index is 1.71. The zero-order valence-corrected chi connectivity index (χ0v) is 12.7. The second-order valence-electron chi connectivity index (χ2n) is 6.42. The van der Waals surface area contributed by atoms with Gasteiger partial charge in [0.25, 0.3) is 0 Å². The first-order valence-electron chi connectivity index (χ1n) is 7.61. The van der Waals surface area contributed by atoms with Gasteiger partial charge in [0.05, 0.1) is 16.8 Å². The fraction of sp³-hybridized carbons (Fsp3) is 0.412. The molecular weight excluding hydrogens is 278 g/mol. The normalized spacial score (nSPS) is 19.4. The summed E-state index contributed by atoms with van der Waals surface area (Å²) in [6.07, 6.45) is 7.32. The third kappa shape index (κ3) is 2.27. The predicted octanol–water partition coefficient (Wildman–Crippen LogP) is 3.47. The van der Waals surface area contributed by atoms with E-state index < -0.39 is 0 Å². The van der Waals surface area contributed by atoms with E-state index in [1.54, 1.807) is 6.20 Å². The number of thiocarbonyl (C=S) groups is 1. The van der Waals surface area contributed by atoms with E-state index in [0.29, 0.717) is 10.4 Å². The van der Waals surface area contributed by atoms with Gasteiger partial charge in [0.15, 0.2) is 0 Å². The lowest BCUT2D eigenvalue weighted by Gasteiger charge is -2.19. The van der Waals surface area contributed by atoms with Crippen molar-refractivity contribution in [1.82, 2.24) is 4.98 Å². The van der Waals surface area contributed by atoms with Crippen molar-refractivity contribution in [2.24, 2.45) is 17.1 Å². The summed E-state index contributed by atoms with van der Waals surface area (Å²) >= 11 is 5.20. The lowest BCUT2D eigenvalue weighted by atomic mass is 10.00. The van der Waals surface area contributed by atoms with Crippen LogP contribution in [0.15, 0.2) is 30.5 Å². The molecule has 0 saturated heterocycles. The van der Waals surface area contributed by atoms with Crippen LogP contribution in [-0.4, -0.2) is 16.5 Å². The van der Waals surface area contributed by atoms with Crippen LogP contribution >= 0.6 is 12.2 Å². The molecule has 21 heavy (non-hydrogen) atoms. The van der Waals surface area contributed by atoms with Crippen LogP contribution in [0.1, 0.15) is 31.2 Å². The lowest BCUT2D eigenvalue weighted by molar-refractivity contribution is 0.467. The largest absolute Gasteiger partial charge is 0.389 e. The molecule has 4 rings (SSSR count). The van der Waals surface area contributed by atoms with Crippen molar-refractivity contribution in [2.75, 3.05) is 11.9 Å². The van der Waals surface area contributed by atoms with Crippen LogP contribution < -0.4 is 11.1 Å². The van der Waals surface area contributed by atoms with Gasteiger partial charge in [0, 0.05) is 18.1 Å². The van der Waals surface area contributed by atoms with E-state index in [2.05, 4.69) is 16.4 Å². The van der Waals surface area contributed by atoms with E-state index in [-0.39, 0.29) is 0 Å². The molecule has 108 valence electrons. The zero-order valence-electron chi connectivity index (χ0n) is 11.9. The number of pyridine rings is 1. The summed E-state index contributed by atoms with van der Waals surface area (Å²) in [6.45, 7) is 1.03. The first-order chi connectivity index (χ1) is 10.2. The molecule has 1 aromatic heterocycles. The quantitative estimate of drug-likeness (QED) is 0.830. The third-order valence-corrected chi connectivity index (χ3v) is 5.21. The van der Waals surface area contributed by atoms with Gasteiger partial charge in [-0.3, -0.25) is 4.98 Å². The number of benzene rings is 1. The smallest absolute Gasteiger partial charge is 0.107 e. The van der Waals surface area contributed by atoms with Crippen molar-refractivity contribution >= 4 is 33.8 Å². The second-order valence-corrected chi connectivity index (χ2v) is 6.86. The summed E-state index contributed by atoms with van der Waals surface area (Å²) in [5.41, 5.74) is 9.32. The van der Waals surface area contributed by atoms with Crippen molar-refractivity contribution in [3.8, 4) is 0 Å². The standard InChI is InChI=1S/C17H19N3S/c18-16(21)13-9-19-14-4-2-1-3-12(14)15(13)20-10-17(7-8-17)11-5-6-11/h1-4,9,11H,5-8,10H2,(H2,18,21)(H,19,20). The minimum absolute atomic E-state index is 0.409. The van der Waals surface area contributed by atoms with Gasteiger partial charge < -0.3 is 11.1 Å². The van der Waals surface area contributed by atoms with Gasteiger partial charge in [-0.15, -0.1) is 0 Å². The lowest BCUT2D eigenvalue weighted by Crippen LogP contribution is -2.20. The maximum absolute atomic E-state index is 5.88. The van der Waals surface area contributed by atoms with E-state index in [9.17, 15) is 0 Å². The van der Waals surface area contributed by atoms with Crippen molar-refractivity contribution in [3.05, 3.63) is 36.0 Å². The Hall–Kier alpha value is -1.68. The number of hydrogen-bond acceptors (Lipinski definition) is 3. The van der Waals surface area contributed by atoms with Crippen LogP contribution in [0.5, 0.6) is 0 Å². The number of anilines is 1. The fourth-order valence-corrected chi connectivity index (χ4v) is 3.52. The molecule has 0 atom stereocenters. The molecule has 1 heterocycles. The average Bonchev–Trinajstić information content (AvgIpc) is 3.37. The highest BCUT2D eigenvalue weighted by Gasteiger charge is 2.53. The van der Waals surface area contributed by atoms with E-state index in [0.717, 1.165) is 34.6 Å². The summed E-state index contributed by atoms with van der Waals surface area (Å²) in [7, 11) is 0. The molecule has 2 aliphatic rings. The molecule has 2 aromatic rings. The maximum atomic E-state index is 5.88. The van der Waals surface area contributed by atoms with E-state index in [1.165, 1.54) is 25.7 Å². The molecule has 0 bridgehead atoms. The van der Waals surface area contributed by atoms with E-state index >= 15 is 0 Å². The number of nitrogens with two attached hydrogens (primary N) is 1. The molecular formula is C17H19N3S. The summed E-state index contributed by atoms with van der Waals surface area (Å²) in [6, 6.07) is 8.15. The molecule has 2 aliphatic carbocycles. The molecule has 0 amide bonds. The second kappa shape index (κ2) is 4.67. The van der Waals surface area contributed by atoms with Gasteiger partial charge in [-0.2, -0.15) is 0 Å².